The molecular weight excluding hydrogens is 353 g/mol. The third kappa shape index (κ3) is 4.04. The Kier molecular flexibility index (Phi) is 5.56. The van der Waals surface area contributed by atoms with Crippen molar-refractivity contribution in [2.24, 2.45) is 0 Å². The molecule has 0 bridgehead atoms. The predicted octanol–water partition coefficient (Wildman–Crippen LogP) is 3.75. The molecule has 0 spiro atoms. The van der Waals surface area contributed by atoms with E-state index in [1.807, 2.05) is 13.0 Å². The van der Waals surface area contributed by atoms with Crippen LogP contribution in [-0.4, -0.2) is 47.9 Å². The van der Waals surface area contributed by atoms with Crippen molar-refractivity contribution in [3.8, 4) is 0 Å². The number of hydrogen-bond acceptors (Lipinski definition) is 3. The lowest BCUT2D eigenvalue weighted by molar-refractivity contribution is 0.0676. The quantitative estimate of drug-likeness (QED) is 0.888. The topological polar surface area (TPSA) is 52.7 Å². The van der Waals surface area contributed by atoms with Crippen LogP contribution in [0.1, 0.15) is 27.0 Å². The van der Waals surface area contributed by atoms with Crippen molar-refractivity contribution >= 4 is 29.0 Å². The summed E-state index contributed by atoms with van der Waals surface area (Å²) in [7, 11) is 0. The lowest BCUT2D eigenvalue weighted by Crippen LogP contribution is -2.51. The number of rotatable bonds is 3. The molecule has 0 unspecified atom stereocenters. The normalized spacial score (nSPS) is 14.4. The Bertz CT molecular complexity index is 796. The van der Waals surface area contributed by atoms with E-state index in [1.165, 1.54) is 46.0 Å². The lowest BCUT2D eigenvalue weighted by Gasteiger charge is -2.34. The van der Waals surface area contributed by atoms with Crippen LogP contribution in [0.15, 0.2) is 30.3 Å². The van der Waals surface area contributed by atoms with Crippen molar-refractivity contribution in [1.82, 2.24) is 9.80 Å². The van der Waals surface area contributed by atoms with Crippen molar-refractivity contribution in [2.45, 2.75) is 20.3 Å². The van der Waals surface area contributed by atoms with Gasteiger partial charge in [-0.3, -0.25) is 4.79 Å². The van der Waals surface area contributed by atoms with Crippen molar-refractivity contribution < 1.29 is 14.0 Å². The third-order valence-electron chi connectivity index (χ3n) is 4.56. The van der Waals surface area contributed by atoms with Crippen molar-refractivity contribution in [3.05, 3.63) is 51.5 Å². The smallest absolute Gasteiger partial charge is 0.321 e. The average molecular weight is 375 g/mol. The Morgan fingerprint density at radius 2 is 1.73 bits per heavy atom. The summed E-state index contributed by atoms with van der Waals surface area (Å²) >= 11 is 1.54. The monoisotopic (exact) mass is 375 g/mol. The van der Waals surface area contributed by atoms with E-state index in [0.717, 1.165) is 11.3 Å². The number of benzene rings is 1. The van der Waals surface area contributed by atoms with Crippen LogP contribution in [0, 0.1) is 12.7 Å². The highest BCUT2D eigenvalue weighted by atomic mass is 32.1. The maximum absolute atomic E-state index is 12.9. The maximum Gasteiger partial charge on any atom is 0.321 e. The number of thiophene rings is 1. The second-order valence-electron chi connectivity index (χ2n) is 6.26. The number of nitrogens with zero attached hydrogens (tertiary/aromatic N) is 2. The number of hydrogen-bond donors (Lipinski definition) is 1. The van der Waals surface area contributed by atoms with Gasteiger partial charge in [0, 0.05) is 36.7 Å². The molecule has 2 heterocycles. The minimum Gasteiger partial charge on any atom is -0.334 e. The molecule has 0 atom stereocenters. The van der Waals surface area contributed by atoms with E-state index < -0.39 is 0 Å². The molecule has 1 fully saturated rings. The molecule has 1 aliphatic rings. The summed E-state index contributed by atoms with van der Waals surface area (Å²) in [5, 5.41) is 2.75. The van der Waals surface area contributed by atoms with Gasteiger partial charge in [-0.15, -0.1) is 11.3 Å². The lowest BCUT2D eigenvalue weighted by atomic mass is 10.2. The zero-order valence-corrected chi connectivity index (χ0v) is 15.7. The fourth-order valence-electron chi connectivity index (χ4n) is 2.98. The average Bonchev–Trinajstić information content (AvgIpc) is 3.04. The Labute approximate surface area is 156 Å². The van der Waals surface area contributed by atoms with Crippen molar-refractivity contribution in [1.29, 1.82) is 0 Å². The Hall–Kier alpha value is -2.41. The van der Waals surface area contributed by atoms with Crippen LogP contribution < -0.4 is 5.32 Å². The van der Waals surface area contributed by atoms with Gasteiger partial charge >= 0.3 is 6.03 Å². The molecular formula is C19H22FN3O2S. The fourth-order valence-corrected chi connectivity index (χ4v) is 4.06. The van der Waals surface area contributed by atoms with Gasteiger partial charge in [-0.1, -0.05) is 6.92 Å². The second-order valence-corrected chi connectivity index (χ2v) is 7.52. The number of carbonyl (C=O) groups is 2. The maximum atomic E-state index is 12.9. The van der Waals surface area contributed by atoms with E-state index in [-0.39, 0.29) is 17.8 Å². The van der Waals surface area contributed by atoms with Gasteiger partial charge in [-0.05, 0) is 49.2 Å². The van der Waals surface area contributed by atoms with Crippen LogP contribution >= 0.6 is 11.3 Å². The molecule has 1 saturated heterocycles. The molecule has 3 rings (SSSR count). The molecule has 0 saturated carbocycles. The van der Waals surface area contributed by atoms with Crippen LogP contribution in [0.3, 0.4) is 0 Å². The van der Waals surface area contributed by atoms with Gasteiger partial charge in [-0.25, -0.2) is 9.18 Å². The van der Waals surface area contributed by atoms with Crippen LogP contribution in [0.25, 0.3) is 0 Å². The van der Waals surface area contributed by atoms with Crippen LogP contribution in [0.5, 0.6) is 0 Å². The molecule has 3 amide bonds. The molecule has 1 aliphatic heterocycles. The number of urea groups is 1. The van der Waals surface area contributed by atoms with E-state index in [2.05, 4.69) is 12.2 Å². The largest absolute Gasteiger partial charge is 0.334 e. The number of halogens is 1. The van der Waals surface area contributed by atoms with Gasteiger partial charge in [-0.2, -0.15) is 0 Å². The summed E-state index contributed by atoms with van der Waals surface area (Å²) < 4.78 is 12.9. The summed E-state index contributed by atoms with van der Waals surface area (Å²) in [5.74, 6) is -0.304. The highest BCUT2D eigenvalue weighted by Crippen LogP contribution is 2.24. The zero-order chi connectivity index (χ0) is 18.7. The van der Waals surface area contributed by atoms with Gasteiger partial charge < -0.3 is 15.1 Å². The first-order valence-corrected chi connectivity index (χ1v) is 9.49. The standard InChI is InChI=1S/C19H22FN3O2S/c1-3-14-12-17(26-13(14)2)18(24)22-8-10-23(11-9-22)19(25)21-16-6-4-15(20)5-7-16/h4-7,12H,3,8-11H2,1-2H3,(H,21,25). The number of amides is 3. The molecule has 138 valence electrons. The second kappa shape index (κ2) is 7.86. The van der Waals surface area contributed by atoms with Gasteiger partial charge in [0.1, 0.15) is 5.82 Å². The molecule has 0 aliphatic carbocycles. The first kappa shape index (κ1) is 18.4. The Morgan fingerprint density at radius 3 is 2.31 bits per heavy atom. The summed E-state index contributed by atoms with van der Waals surface area (Å²) in [6, 6.07) is 7.41. The zero-order valence-electron chi connectivity index (χ0n) is 14.9. The third-order valence-corrected chi connectivity index (χ3v) is 5.64. The number of carbonyl (C=O) groups excluding carboxylic acids is 2. The van der Waals surface area contributed by atoms with E-state index in [1.54, 1.807) is 9.80 Å². The molecule has 5 nitrogen and oxygen atoms in total. The van der Waals surface area contributed by atoms with Crippen molar-refractivity contribution in [3.63, 3.8) is 0 Å². The predicted molar refractivity (Wildman–Crippen MR) is 101 cm³/mol. The van der Waals surface area contributed by atoms with Crippen LogP contribution in [-0.2, 0) is 6.42 Å². The first-order valence-electron chi connectivity index (χ1n) is 8.68. The van der Waals surface area contributed by atoms with Crippen LogP contribution in [0.4, 0.5) is 14.9 Å². The van der Waals surface area contributed by atoms with Gasteiger partial charge in [0.15, 0.2) is 0 Å². The van der Waals surface area contributed by atoms with Gasteiger partial charge in [0.05, 0.1) is 4.88 Å². The number of piperazine rings is 1. The van der Waals surface area contributed by atoms with Gasteiger partial charge in [0.2, 0.25) is 0 Å². The highest BCUT2D eigenvalue weighted by Gasteiger charge is 2.26. The van der Waals surface area contributed by atoms with E-state index >= 15 is 0 Å². The molecule has 0 radical (unpaired) electrons. The van der Waals surface area contributed by atoms with Crippen LogP contribution in [0.2, 0.25) is 0 Å². The number of aryl methyl sites for hydroxylation is 2. The summed E-state index contributed by atoms with van der Waals surface area (Å²) in [4.78, 5) is 30.4. The fraction of sp³-hybridized carbons (Fsp3) is 0.368. The number of anilines is 1. The highest BCUT2D eigenvalue weighted by molar-refractivity contribution is 7.14. The van der Waals surface area contributed by atoms with E-state index in [9.17, 15) is 14.0 Å². The molecule has 1 aromatic heterocycles. The van der Waals surface area contributed by atoms with E-state index in [4.69, 9.17) is 0 Å². The van der Waals surface area contributed by atoms with Gasteiger partial charge in [0.25, 0.3) is 5.91 Å². The first-order chi connectivity index (χ1) is 12.5. The summed E-state index contributed by atoms with van der Waals surface area (Å²) in [6.07, 6.45) is 0.924. The minimum atomic E-state index is -0.342. The Morgan fingerprint density at radius 1 is 1.12 bits per heavy atom. The Balaban J connectivity index is 1.55. The number of nitrogens with one attached hydrogen (secondary N) is 1. The molecule has 1 N–H and O–H groups in total. The molecule has 1 aromatic carbocycles. The molecule has 26 heavy (non-hydrogen) atoms. The molecule has 2 aromatic rings. The molecule has 7 heteroatoms. The SMILES string of the molecule is CCc1cc(C(=O)N2CCN(C(=O)Nc3ccc(F)cc3)CC2)sc1C. The van der Waals surface area contributed by atoms with E-state index in [0.29, 0.717) is 31.9 Å². The summed E-state index contributed by atoms with van der Waals surface area (Å²) in [5.41, 5.74) is 1.77. The minimum absolute atomic E-state index is 0.0383. The summed E-state index contributed by atoms with van der Waals surface area (Å²) in [6.45, 7) is 6.09. The van der Waals surface area contributed by atoms with Crippen molar-refractivity contribution in [2.75, 3.05) is 31.5 Å².